The van der Waals surface area contributed by atoms with Crippen LogP contribution in [0.25, 0.3) is 0 Å². The van der Waals surface area contributed by atoms with Gasteiger partial charge in [-0.1, -0.05) is 46.4 Å². The van der Waals surface area contributed by atoms with E-state index in [0.717, 1.165) is 0 Å². The number of rotatable bonds is 0. The molecule has 5 aliphatic rings. The monoisotopic (exact) mass is 394 g/mol. The molecule has 0 aromatic carbocycles. The van der Waals surface area contributed by atoms with Gasteiger partial charge >= 0.3 is 0 Å². The standard InChI is InChI=1S/C12H8Cl6O2/c13-8-9(14)11(16)4-2-5(19)1(6-7(2)20-6)3(4)10(8,15)12(11,17)18/h1-7,19H/t1-,2+,3-,4-,5?,6+,7-,10+,11+/m1/s1. The van der Waals surface area contributed by atoms with Crippen LogP contribution in [-0.2, 0) is 4.74 Å². The quantitative estimate of drug-likeness (QED) is 0.386. The minimum Gasteiger partial charge on any atom is -0.392 e. The van der Waals surface area contributed by atoms with Crippen molar-refractivity contribution in [1.29, 1.82) is 0 Å². The predicted molar refractivity (Wildman–Crippen MR) is 79.0 cm³/mol. The molecule has 4 fully saturated rings. The Morgan fingerprint density at radius 1 is 0.850 bits per heavy atom. The number of allylic oxidation sites excluding steroid dienone is 2. The van der Waals surface area contributed by atoms with E-state index in [1.807, 2.05) is 0 Å². The fraction of sp³-hybridized carbons (Fsp3) is 0.833. The number of alkyl halides is 4. The molecule has 0 amide bonds. The fourth-order valence-corrected chi connectivity index (χ4v) is 8.41. The van der Waals surface area contributed by atoms with Crippen LogP contribution in [0.2, 0.25) is 0 Å². The van der Waals surface area contributed by atoms with E-state index in [1.54, 1.807) is 0 Å². The average molecular weight is 397 g/mol. The summed E-state index contributed by atoms with van der Waals surface area (Å²) < 4.78 is 4.13. The number of ether oxygens (including phenoxy) is 1. The molecule has 8 heteroatoms. The van der Waals surface area contributed by atoms with E-state index in [1.165, 1.54) is 0 Å². The van der Waals surface area contributed by atoms with Crippen LogP contribution in [0.3, 0.4) is 0 Å². The molecular weight excluding hydrogens is 389 g/mol. The van der Waals surface area contributed by atoms with Gasteiger partial charge in [0.2, 0.25) is 0 Å². The van der Waals surface area contributed by atoms with E-state index in [4.69, 9.17) is 74.3 Å². The van der Waals surface area contributed by atoms with Crippen molar-refractivity contribution in [2.75, 3.05) is 0 Å². The van der Waals surface area contributed by atoms with Gasteiger partial charge in [0, 0.05) is 11.8 Å². The maximum atomic E-state index is 10.5. The summed E-state index contributed by atoms with van der Waals surface area (Å²) in [5.41, 5.74) is 0. The molecule has 9 atom stereocenters. The van der Waals surface area contributed by atoms with Crippen LogP contribution in [-0.4, -0.2) is 37.5 Å². The lowest BCUT2D eigenvalue weighted by Gasteiger charge is -2.37. The summed E-state index contributed by atoms with van der Waals surface area (Å²) in [6.45, 7) is 0. The molecule has 4 aliphatic carbocycles. The lowest BCUT2D eigenvalue weighted by molar-refractivity contribution is 0.0503. The second kappa shape index (κ2) is 3.42. The van der Waals surface area contributed by atoms with Crippen LogP contribution in [0, 0.1) is 23.7 Å². The van der Waals surface area contributed by atoms with Crippen LogP contribution in [0.4, 0.5) is 0 Å². The fourth-order valence-electron chi connectivity index (χ4n) is 5.31. The molecule has 0 aromatic rings. The molecule has 1 aliphatic heterocycles. The smallest absolute Gasteiger partial charge is 0.166 e. The Balaban J connectivity index is 1.80. The van der Waals surface area contributed by atoms with Crippen LogP contribution in [0.1, 0.15) is 0 Å². The highest BCUT2D eigenvalue weighted by Gasteiger charge is 2.91. The third-order valence-corrected chi connectivity index (χ3v) is 10.3. The van der Waals surface area contributed by atoms with Gasteiger partial charge in [-0.25, -0.2) is 0 Å². The molecule has 1 N–H and O–H groups in total. The van der Waals surface area contributed by atoms with E-state index in [9.17, 15) is 5.11 Å². The summed E-state index contributed by atoms with van der Waals surface area (Å²) in [7, 11) is 0. The second-order valence-electron chi connectivity index (χ2n) is 6.39. The molecule has 110 valence electrons. The van der Waals surface area contributed by atoms with Crippen molar-refractivity contribution in [3.8, 4) is 0 Å². The summed E-state index contributed by atoms with van der Waals surface area (Å²) >= 11 is 39.3. The summed E-state index contributed by atoms with van der Waals surface area (Å²) in [5, 5.41) is 10.9. The predicted octanol–water partition coefficient (Wildman–Crippen LogP) is 3.45. The molecule has 20 heavy (non-hydrogen) atoms. The normalized spacial score (nSPS) is 67.7. The van der Waals surface area contributed by atoms with Crippen molar-refractivity contribution in [2.45, 2.75) is 32.4 Å². The summed E-state index contributed by atoms with van der Waals surface area (Å²) in [6.07, 6.45) is -0.487. The molecule has 1 saturated heterocycles. The highest BCUT2D eigenvalue weighted by Crippen LogP contribution is 2.84. The Hall–Kier alpha value is 1.40. The van der Waals surface area contributed by atoms with Crippen LogP contribution >= 0.6 is 69.6 Å². The van der Waals surface area contributed by atoms with E-state index in [-0.39, 0.29) is 45.9 Å². The number of hydrogen-bond acceptors (Lipinski definition) is 2. The minimum atomic E-state index is -1.50. The zero-order valence-corrected chi connectivity index (χ0v) is 14.2. The van der Waals surface area contributed by atoms with Gasteiger partial charge in [-0.15, -0.1) is 23.2 Å². The van der Waals surface area contributed by atoms with Gasteiger partial charge in [0.05, 0.1) is 28.4 Å². The van der Waals surface area contributed by atoms with E-state index >= 15 is 0 Å². The van der Waals surface area contributed by atoms with Gasteiger partial charge in [-0.2, -0.15) is 0 Å². The first-order valence-electron chi connectivity index (χ1n) is 6.36. The molecule has 3 saturated carbocycles. The lowest BCUT2D eigenvalue weighted by Crippen LogP contribution is -2.48. The zero-order valence-electron chi connectivity index (χ0n) is 9.66. The van der Waals surface area contributed by atoms with Gasteiger partial charge in [0.1, 0.15) is 9.75 Å². The number of aliphatic hydroxyl groups excluding tert-OH is 1. The van der Waals surface area contributed by atoms with Crippen molar-refractivity contribution in [3.05, 3.63) is 10.1 Å². The average Bonchev–Trinajstić information content (AvgIpc) is 3.01. The molecule has 0 spiro atoms. The van der Waals surface area contributed by atoms with Crippen molar-refractivity contribution in [2.24, 2.45) is 23.7 Å². The molecule has 4 bridgehead atoms. The third-order valence-electron chi connectivity index (χ3n) is 5.99. The van der Waals surface area contributed by atoms with E-state index in [2.05, 4.69) is 0 Å². The molecular formula is C12H8Cl6O2. The molecule has 5 rings (SSSR count). The molecule has 0 aromatic heterocycles. The van der Waals surface area contributed by atoms with E-state index < -0.39 is 20.2 Å². The Morgan fingerprint density at radius 2 is 1.25 bits per heavy atom. The third kappa shape index (κ3) is 0.991. The minimum absolute atomic E-state index is 0.0128. The number of epoxide rings is 1. The number of aliphatic hydroxyl groups is 1. The van der Waals surface area contributed by atoms with Crippen LogP contribution in [0.5, 0.6) is 0 Å². The van der Waals surface area contributed by atoms with Gasteiger partial charge in [-0.3, -0.25) is 0 Å². The number of halogens is 6. The van der Waals surface area contributed by atoms with Crippen LogP contribution in [0.15, 0.2) is 10.1 Å². The van der Waals surface area contributed by atoms with Crippen molar-refractivity contribution >= 4 is 69.6 Å². The van der Waals surface area contributed by atoms with Gasteiger partial charge in [0.25, 0.3) is 0 Å². The first kappa shape index (κ1) is 13.8. The number of hydrogen-bond donors (Lipinski definition) is 1. The van der Waals surface area contributed by atoms with Gasteiger partial charge in [0.15, 0.2) is 4.33 Å². The molecule has 2 nitrogen and oxygen atoms in total. The van der Waals surface area contributed by atoms with E-state index in [0.29, 0.717) is 0 Å². The number of fused-ring (bicyclic) bond motifs is 12. The van der Waals surface area contributed by atoms with Crippen molar-refractivity contribution < 1.29 is 9.84 Å². The van der Waals surface area contributed by atoms with Crippen molar-refractivity contribution in [1.82, 2.24) is 0 Å². The largest absolute Gasteiger partial charge is 0.392 e. The van der Waals surface area contributed by atoms with Crippen molar-refractivity contribution in [3.63, 3.8) is 0 Å². The SMILES string of the molecule is OC1[C@@H]2[C@@H]3O[C@@H]3[C@H]1[C@@H]1[C@@H]2[C@]2(Cl)C(Cl)=C(Cl)[C@]1(Cl)C2(Cl)Cl. The Morgan fingerprint density at radius 3 is 1.65 bits per heavy atom. The molecule has 1 heterocycles. The summed E-state index contributed by atoms with van der Waals surface area (Å²) in [5.74, 6) is -0.724. The Labute approximate surface area is 145 Å². The zero-order chi connectivity index (χ0) is 14.4. The van der Waals surface area contributed by atoms with Gasteiger partial charge in [-0.05, 0) is 11.8 Å². The maximum Gasteiger partial charge on any atom is 0.166 e. The summed E-state index contributed by atoms with van der Waals surface area (Å²) in [6, 6.07) is 0. The van der Waals surface area contributed by atoms with Crippen LogP contribution < -0.4 is 0 Å². The lowest BCUT2D eigenvalue weighted by atomic mass is 9.73. The Kier molecular flexibility index (Phi) is 2.36. The summed E-state index contributed by atoms with van der Waals surface area (Å²) in [4.78, 5) is -2.53. The first-order valence-corrected chi connectivity index (χ1v) is 8.63. The molecule has 0 radical (unpaired) electrons. The topological polar surface area (TPSA) is 32.8 Å². The van der Waals surface area contributed by atoms with Gasteiger partial charge < -0.3 is 9.84 Å². The Bertz CT molecular complexity index is 546. The maximum absolute atomic E-state index is 10.5. The first-order chi connectivity index (χ1) is 9.20. The highest BCUT2D eigenvalue weighted by molar-refractivity contribution is 6.65. The highest BCUT2D eigenvalue weighted by atomic mass is 35.5. The second-order valence-corrected chi connectivity index (χ2v) is 9.66. The molecule has 1 unspecified atom stereocenters.